The molecule has 4 heteroatoms. The van der Waals surface area contributed by atoms with Crippen LogP contribution in [0.3, 0.4) is 0 Å². The van der Waals surface area contributed by atoms with E-state index in [0.29, 0.717) is 0 Å². The van der Waals surface area contributed by atoms with Gasteiger partial charge in [0, 0.05) is 10.2 Å². The highest BCUT2D eigenvalue weighted by molar-refractivity contribution is 6.94. The lowest BCUT2D eigenvalue weighted by atomic mass is 10.4. The molecule has 1 aromatic carbocycles. The maximum absolute atomic E-state index is 5.79. The molecular formula is C7H10OSi3. The Balaban J connectivity index is 2.55. The maximum atomic E-state index is 5.79. The third kappa shape index (κ3) is 1.17. The normalized spacial score (nSPS) is 20.5. The van der Waals surface area contributed by atoms with Gasteiger partial charge in [0.1, 0.15) is 0 Å². The monoisotopic (exact) mass is 194 g/mol. The predicted molar refractivity (Wildman–Crippen MR) is 57.1 cm³/mol. The molecule has 1 aliphatic heterocycles. The van der Waals surface area contributed by atoms with Crippen molar-refractivity contribution in [1.29, 1.82) is 0 Å². The van der Waals surface area contributed by atoms with Crippen LogP contribution in [0.5, 0.6) is 0 Å². The molecule has 0 aromatic heterocycles. The van der Waals surface area contributed by atoms with Gasteiger partial charge in [-0.25, -0.2) is 0 Å². The first-order valence-electron chi connectivity index (χ1n) is 3.79. The van der Waals surface area contributed by atoms with Gasteiger partial charge in [-0.1, -0.05) is 29.6 Å². The summed E-state index contributed by atoms with van der Waals surface area (Å²) in [6, 6.07) is 8.70. The van der Waals surface area contributed by atoms with E-state index >= 15 is 0 Å². The highest BCUT2D eigenvalue weighted by atomic mass is 28.3. The zero-order valence-corrected chi connectivity index (χ0v) is 10.9. The summed E-state index contributed by atoms with van der Waals surface area (Å²) >= 11 is 0. The minimum Gasteiger partial charge on any atom is -0.603 e. The molecule has 0 bridgehead atoms. The quantitative estimate of drug-likeness (QED) is 0.410. The summed E-state index contributed by atoms with van der Waals surface area (Å²) in [5.41, 5.74) is 0. The van der Waals surface area contributed by atoms with Crippen LogP contribution in [0.25, 0.3) is 0 Å². The molecular weight excluding hydrogens is 184 g/mol. The molecule has 1 aliphatic rings. The van der Waals surface area contributed by atoms with Crippen LogP contribution in [0.4, 0.5) is 0 Å². The van der Waals surface area contributed by atoms with Crippen LogP contribution in [0, 0.1) is 0 Å². The van der Waals surface area contributed by atoms with E-state index in [2.05, 4.69) is 29.6 Å². The van der Waals surface area contributed by atoms with Crippen LogP contribution in [-0.2, 0) is 4.12 Å². The molecule has 0 fully saturated rings. The molecule has 11 heavy (non-hydrogen) atoms. The Kier molecular flexibility index (Phi) is 1.89. The topological polar surface area (TPSA) is 9.23 Å². The first-order valence-corrected chi connectivity index (χ1v) is 7.71. The molecule has 1 heterocycles. The molecule has 0 N–H and O–H groups in total. The highest BCUT2D eigenvalue weighted by Crippen LogP contribution is 1.89. The van der Waals surface area contributed by atoms with Crippen molar-refractivity contribution >= 4 is 44.3 Å². The summed E-state index contributed by atoms with van der Waals surface area (Å²) in [5.74, 6) is 0. The van der Waals surface area contributed by atoms with E-state index in [9.17, 15) is 0 Å². The Morgan fingerprint density at radius 3 is 3.09 bits per heavy atom. The van der Waals surface area contributed by atoms with E-state index in [-0.39, 0.29) is 9.76 Å². The van der Waals surface area contributed by atoms with Crippen LogP contribution >= 0.6 is 0 Å². The summed E-state index contributed by atoms with van der Waals surface area (Å²) in [4.78, 5) is 0. The second-order valence-electron chi connectivity index (χ2n) is 2.60. The van der Waals surface area contributed by atoms with E-state index in [1.807, 2.05) is 0 Å². The molecule has 0 amide bonds. The molecule has 0 atom stereocenters. The third-order valence-electron chi connectivity index (χ3n) is 1.93. The summed E-state index contributed by atoms with van der Waals surface area (Å²) in [5, 5.41) is 5.43. The Labute approximate surface area is 73.1 Å². The van der Waals surface area contributed by atoms with Crippen molar-refractivity contribution in [3.8, 4) is 0 Å². The summed E-state index contributed by atoms with van der Waals surface area (Å²) in [6.07, 6.45) is 0. The number of fused-ring (bicyclic) bond motifs is 1. The average molecular weight is 194 g/mol. The van der Waals surface area contributed by atoms with Gasteiger partial charge in [0.2, 0.25) is 18.4 Å². The minimum atomic E-state index is -0.610. The average Bonchev–Trinajstić information content (AvgIpc) is 2.47. The second kappa shape index (κ2) is 2.88. The van der Waals surface area contributed by atoms with E-state index in [4.69, 9.17) is 4.12 Å². The van der Waals surface area contributed by atoms with E-state index in [1.54, 1.807) is 0 Å². The van der Waals surface area contributed by atoms with Gasteiger partial charge in [0.05, 0.1) is 0 Å². The lowest BCUT2D eigenvalue weighted by Crippen LogP contribution is -2.29. The van der Waals surface area contributed by atoms with Gasteiger partial charge >= 0.3 is 0 Å². The fourth-order valence-electron chi connectivity index (χ4n) is 1.36. The van der Waals surface area contributed by atoms with Crippen molar-refractivity contribution in [3.05, 3.63) is 24.3 Å². The zero-order valence-electron chi connectivity index (χ0n) is 6.50. The summed E-state index contributed by atoms with van der Waals surface area (Å²) in [7, 11) is 0.227. The molecule has 1 aromatic rings. The predicted octanol–water partition coefficient (Wildman–Crippen LogP) is -2.67. The Bertz CT molecular complexity index is 308. The highest BCUT2D eigenvalue weighted by Gasteiger charge is 2.16. The van der Waals surface area contributed by atoms with Crippen LogP contribution in [0.15, 0.2) is 24.3 Å². The molecule has 0 saturated carbocycles. The zero-order chi connectivity index (χ0) is 7.68. The van der Waals surface area contributed by atoms with Gasteiger partial charge in [0.25, 0.3) is 0 Å². The molecule has 0 unspecified atom stereocenters. The number of hydrogen-bond donors (Lipinski definition) is 0. The fraction of sp³-hybridized carbons (Fsp3) is 0. The van der Waals surface area contributed by atoms with Gasteiger partial charge in [-0.15, -0.1) is 0 Å². The molecule has 2 rings (SSSR count). The molecule has 0 radical (unpaired) electrons. The molecule has 1 nitrogen and oxygen atoms in total. The number of hydrogen-bond acceptors (Lipinski definition) is 1. The second-order valence-corrected chi connectivity index (χ2v) is 8.38. The standard InChI is InChI=1S/C7H10OSi3/c9-5-11-7-4-2-1-3-6(7)10-8-11/h1-5H,10H2,9H3. The van der Waals surface area contributed by atoms with Crippen molar-refractivity contribution in [2.45, 2.75) is 0 Å². The number of rotatable bonds is 0. The molecule has 56 valence electrons. The van der Waals surface area contributed by atoms with Gasteiger partial charge < -0.3 is 4.12 Å². The largest absolute Gasteiger partial charge is 0.603 e. The summed E-state index contributed by atoms with van der Waals surface area (Å²) < 4.78 is 5.79. The van der Waals surface area contributed by atoms with Crippen LogP contribution < -0.4 is 10.4 Å². The third-order valence-corrected chi connectivity index (χ3v) is 8.15. The van der Waals surface area contributed by atoms with E-state index < -0.39 is 8.65 Å². The van der Waals surface area contributed by atoms with Crippen molar-refractivity contribution in [1.82, 2.24) is 0 Å². The van der Waals surface area contributed by atoms with Crippen molar-refractivity contribution < 1.29 is 4.12 Å². The van der Waals surface area contributed by atoms with Crippen LogP contribution in [0.2, 0.25) is 0 Å². The van der Waals surface area contributed by atoms with Gasteiger partial charge in [-0.2, -0.15) is 0 Å². The SMILES string of the molecule is [SiH3]C=[Si]1O[SiH2]c2ccccc21. The maximum Gasteiger partial charge on any atom is 0.244 e. The van der Waals surface area contributed by atoms with Gasteiger partial charge in [-0.3, -0.25) is 0 Å². The van der Waals surface area contributed by atoms with Crippen molar-refractivity contribution in [2.24, 2.45) is 0 Å². The molecule has 0 saturated heterocycles. The first kappa shape index (κ1) is 7.20. The summed E-state index contributed by atoms with van der Waals surface area (Å²) in [6.45, 7) is 0. The molecule has 0 aliphatic carbocycles. The lowest BCUT2D eigenvalue weighted by Gasteiger charge is -1.95. The smallest absolute Gasteiger partial charge is 0.244 e. The van der Waals surface area contributed by atoms with Crippen LogP contribution in [-0.4, -0.2) is 34.0 Å². The Morgan fingerprint density at radius 1 is 1.45 bits per heavy atom. The molecule has 0 spiro atoms. The Hall–Kier alpha value is -0.459. The first-order chi connectivity index (χ1) is 5.42. The lowest BCUT2D eigenvalue weighted by molar-refractivity contribution is 0.666. The Morgan fingerprint density at radius 2 is 2.27 bits per heavy atom. The minimum absolute atomic E-state index is 0.331. The van der Waals surface area contributed by atoms with Gasteiger partial charge in [-0.05, 0) is 10.4 Å². The fourth-order valence-corrected chi connectivity index (χ4v) is 8.54. The van der Waals surface area contributed by atoms with E-state index in [0.717, 1.165) is 0 Å². The van der Waals surface area contributed by atoms with Crippen LogP contribution in [0.1, 0.15) is 0 Å². The van der Waals surface area contributed by atoms with Crippen molar-refractivity contribution in [2.75, 3.05) is 0 Å². The van der Waals surface area contributed by atoms with Crippen molar-refractivity contribution in [3.63, 3.8) is 0 Å². The van der Waals surface area contributed by atoms with E-state index in [1.165, 1.54) is 20.6 Å². The van der Waals surface area contributed by atoms with Gasteiger partial charge in [0.15, 0.2) is 0 Å². The number of benzene rings is 1.